The molecule has 3 rings (SSSR count). The molecule has 3 amide bonds. The number of alkyl halides is 3. The highest BCUT2D eigenvalue weighted by Crippen LogP contribution is 2.30. The van der Waals surface area contributed by atoms with Gasteiger partial charge < -0.3 is 14.5 Å². The Balaban J connectivity index is 1.75. The quantitative estimate of drug-likeness (QED) is 0.857. The topological polar surface area (TPSA) is 71.8 Å². The van der Waals surface area contributed by atoms with E-state index in [9.17, 15) is 22.8 Å². The first-order valence-corrected chi connectivity index (χ1v) is 7.22. The summed E-state index contributed by atoms with van der Waals surface area (Å²) in [6.45, 7) is 1.43. The molecule has 1 aromatic carbocycles. The fourth-order valence-electron chi connectivity index (χ4n) is 2.55. The minimum absolute atomic E-state index is 0.0900. The number of rotatable bonds is 4. The first kappa shape index (κ1) is 16.9. The number of urea groups is 1. The Morgan fingerprint density at radius 1 is 1.20 bits per heavy atom. The summed E-state index contributed by atoms with van der Waals surface area (Å²) in [6, 6.07) is 7.50. The minimum atomic E-state index is -4.78. The fraction of sp³-hybridized carbons (Fsp3) is 0.250. The molecule has 1 fully saturated rings. The molecular weight excluding hydrogens is 341 g/mol. The first-order chi connectivity index (χ1) is 11.7. The van der Waals surface area contributed by atoms with E-state index in [1.54, 1.807) is 12.1 Å². The van der Waals surface area contributed by atoms with Crippen molar-refractivity contribution in [3.05, 3.63) is 54.0 Å². The van der Waals surface area contributed by atoms with Gasteiger partial charge in [0.05, 0.1) is 12.8 Å². The molecule has 1 N–H and O–H groups in total. The smallest absolute Gasteiger partial charge is 0.466 e. The molecule has 0 unspecified atom stereocenters. The summed E-state index contributed by atoms with van der Waals surface area (Å²) in [4.78, 5) is 25.7. The van der Waals surface area contributed by atoms with Crippen LogP contribution in [0.2, 0.25) is 0 Å². The van der Waals surface area contributed by atoms with Gasteiger partial charge in [-0.05, 0) is 36.8 Å². The largest absolute Gasteiger partial charge is 0.573 e. The molecule has 0 bridgehead atoms. The molecule has 1 saturated heterocycles. The molecule has 1 aromatic heterocycles. The summed E-state index contributed by atoms with van der Waals surface area (Å²) in [5.41, 5.74) is -0.846. The van der Waals surface area contributed by atoms with E-state index in [-0.39, 0.29) is 12.3 Å². The predicted octanol–water partition coefficient (Wildman–Crippen LogP) is 3.15. The molecule has 1 aliphatic rings. The van der Waals surface area contributed by atoms with Crippen LogP contribution in [0.4, 0.5) is 18.0 Å². The van der Waals surface area contributed by atoms with E-state index in [0.717, 1.165) is 17.0 Å². The molecule has 0 radical (unpaired) electrons. The number of hydrogen-bond acceptors (Lipinski definition) is 4. The number of benzene rings is 1. The minimum Gasteiger partial charge on any atom is -0.466 e. The number of carbonyl (C=O) groups is 2. The third-order valence-corrected chi connectivity index (χ3v) is 3.79. The third-order valence-electron chi connectivity index (χ3n) is 3.79. The van der Waals surface area contributed by atoms with Crippen LogP contribution in [0.25, 0.3) is 0 Å². The molecule has 0 saturated carbocycles. The maximum Gasteiger partial charge on any atom is 0.573 e. The van der Waals surface area contributed by atoms with E-state index < -0.39 is 23.8 Å². The van der Waals surface area contributed by atoms with Crippen molar-refractivity contribution in [2.24, 2.45) is 0 Å². The molecular formula is C16H13F3N2O4. The Labute approximate surface area is 140 Å². The van der Waals surface area contributed by atoms with Crippen LogP contribution in [0, 0.1) is 0 Å². The van der Waals surface area contributed by atoms with Crippen molar-refractivity contribution in [1.82, 2.24) is 10.2 Å². The Kier molecular flexibility index (Phi) is 3.94. The van der Waals surface area contributed by atoms with Gasteiger partial charge in [0.15, 0.2) is 5.54 Å². The maximum atomic E-state index is 12.6. The van der Waals surface area contributed by atoms with Crippen molar-refractivity contribution < 1.29 is 31.9 Å². The molecule has 0 aliphatic carbocycles. The normalized spacial score (nSPS) is 20.7. The average molecular weight is 354 g/mol. The van der Waals surface area contributed by atoms with Crippen LogP contribution in [0.1, 0.15) is 18.2 Å². The highest BCUT2D eigenvalue weighted by Gasteiger charge is 2.50. The van der Waals surface area contributed by atoms with Crippen LogP contribution in [-0.2, 0) is 16.9 Å². The van der Waals surface area contributed by atoms with E-state index in [0.29, 0.717) is 11.3 Å². The number of hydrogen-bond donors (Lipinski definition) is 1. The van der Waals surface area contributed by atoms with Crippen molar-refractivity contribution in [1.29, 1.82) is 0 Å². The van der Waals surface area contributed by atoms with Crippen LogP contribution in [0.5, 0.6) is 5.75 Å². The number of furan rings is 1. The molecule has 2 heterocycles. The van der Waals surface area contributed by atoms with Gasteiger partial charge in [-0.1, -0.05) is 12.1 Å². The molecule has 2 aromatic rings. The van der Waals surface area contributed by atoms with Crippen LogP contribution in [-0.4, -0.2) is 23.2 Å². The van der Waals surface area contributed by atoms with E-state index in [1.807, 2.05) is 0 Å². The summed E-state index contributed by atoms with van der Waals surface area (Å²) < 4.78 is 45.5. The van der Waals surface area contributed by atoms with Crippen molar-refractivity contribution in [2.75, 3.05) is 0 Å². The summed E-state index contributed by atoms with van der Waals surface area (Å²) in [5.74, 6) is -0.598. The Hall–Kier alpha value is -2.97. The highest BCUT2D eigenvalue weighted by atomic mass is 19.4. The summed E-state index contributed by atoms with van der Waals surface area (Å²) >= 11 is 0. The number of halogens is 3. The van der Waals surface area contributed by atoms with Crippen LogP contribution in [0.15, 0.2) is 47.1 Å². The summed E-state index contributed by atoms with van der Waals surface area (Å²) in [7, 11) is 0. The van der Waals surface area contributed by atoms with Gasteiger partial charge in [0.2, 0.25) is 0 Å². The van der Waals surface area contributed by atoms with Crippen molar-refractivity contribution >= 4 is 11.9 Å². The molecule has 1 aliphatic heterocycles. The monoisotopic (exact) mass is 354 g/mol. The molecule has 1 atom stereocenters. The Morgan fingerprint density at radius 2 is 1.88 bits per heavy atom. The molecule has 132 valence electrons. The molecule has 9 heteroatoms. The van der Waals surface area contributed by atoms with Crippen molar-refractivity contribution in [3.63, 3.8) is 0 Å². The lowest BCUT2D eigenvalue weighted by Gasteiger charge is -2.19. The fourth-order valence-corrected chi connectivity index (χ4v) is 2.55. The highest BCUT2D eigenvalue weighted by molar-refractivity contribution is 6.06. The number of imide groups is 1. The molecule has 0 spiro atoms. The van der Waals surface area contributed by atoms with Crippen molar-refractivity contribution in [3.8, 4) is 5.75 Å². The van der Waals surface area contributed by atoms with Gasteiger partial charge >= 0.3 is 12.4 Å². The van der Waals surface area contributed by atoms with E-state index in [4.69, 9.17) is 4.42 Å². The van der Waals surface area contributed by atoms with Crippen LogP contribution in [0.3, 0.4) is 0 Å². The second kappa shape index (κ2) is 5.83. The Bertz CT molecular complexity index is 787. The number of nitrogens with zero attached hydrogens (tertiary/aromatic N) is 1. The number of ether oxygens (including phenoxy) is 1. The standard InChI is InChI=1S/C16H13F3N2O4/c1-15(12-3-2-8-24-12)13(22)21(14(23)20-15)9-10-4-6-11(7-5-10)25-16(17,18)19/h2-8H,9H2,1H3,(H,20,23)/t15-/m1/s1. The number of nitrogens with one attached hydrogen (secondary N) is 1. The lowest BCUT2D eigenvalue weighted by atomic mass is 9.99. The van der Waals surface area contributed by atoms with Gasteiger partial charge in [0.1, 0.15) is 11.5 Å². The molecule has 25 heavy (non-hydrogen) atoms. The van der Waals surface area contributed by atoms with Gasteiger partial charge in [-0.15, -0.1) is 13.2 Å². The zero-order valence-corrected chi connectivity index (χ0v) is 13.0. The van der Waals surface area contributed by atoms with Gasteiger partial charge in [-0.3, -0.25) is 9.69 Å². The second-order valence-corrected chi connectivity index (χ2v) is 5.62. The van der Waals surface area contributed by atoms with E-state index in [2.05, 4.69) is 10.1 Å². The van der Waals surface area contributed by atoms with E-state index >= 15 is 0 Å². The maximum absolute atomic E-state index is 12.6. The summed E-state index contributed by atoms with van der Waals surface area (Å²) in [6.07, 6.45) is -3.39. The van der Waals surface area contributed by atoms with E-state index in [1.165, 1.54) is 25.3 Å². The number of carbonyl (C=O) groups excluding carboxylic acids is 2. The second-order valence-electron chi connectivity index (χ2n) is 5.62. The average Bonchev–Trinajstić information content (AvgIpc) is 3.12. The number of amides is 3. The lowest BCUT2D eigenvalue weighted by molar-refractivity contribution is -0.274. The van der Waals surface area contributed by atoms with Gasteiger partial charge in [0.25, 0.3) is 5.91 Å². The summed E-state index contributed by atoms with van der Waals surface area (Å²) in [5, 5.41) is 2.57. The lowest BCUT2D eigenvalue weighted by Crippen LogP contribution is -2.40. The van der Waals surface area contributed by atoms with Crippen LogP contribution >= 0.6 is 0 Å². The van der Waals surface area contributed by atoms with Gasteiger partial charge in [0, 0.05) is 0 Å². The zero-order valence-electron chi connectivity index (χ0n) is 13.0. The first-order valence-electron chi connectivity index (χ1n) is 7.22. The third kappa shape index (κ3) is 3.30. The molecule has 6 nitrogen and oxygen atoms in total. The van der Waals surface area contributed by atoms with Crippen LogP contribution < -0.4 is 10.1 Å². The van der Waals surface area contributed by atoms with Gasteiger partial charge in [-0.2, -0.15) is 0 Å². The predicted molar refractivity (Wildman–Crippen MR) is 78.3 cm³/mol. The van der Waals surface area contributed by atoms with Crippen molar-refractivity contribution in [2.45, 2.75) is 25.4 Å². The SMILES string of the molecule is C[C@]1(c2ccco2)NC(=O)N(Cc2ccc(OC(F)(F)F)cc2)C1=O. The Morgan fingerprint density at radius 3 is 2.44 bits per heavy atom. The zero-order chi connectivity index (χ0) is 18.2. The van der Waals surface area contributed by atoms with Gasteiger partial charge in [-0.25, -0.2) is 4.79 Å².